The number of alkyl halides is 3. The van der Waals surface area contributed by atoms with Crippen molar-refractivity contribution < 1.29 is 13.2 Å². The minimum atomic E-state index is -4.31. The maximum atomic E-state index is 12.3. The van der Waals surface area contributed by atoms with Gasteiger partial charge < -0.3 is 0 Å². The zero-order valence-corrected chi connectivity index (χ0v) is 21.3. The zero-order valence-electron chi connectivity index (χ0n) is 21.3. The number of benzene rings is 5. The molecule has 7 rings (SSSR count). The molecule has 2 aliphatic rings. The summed E-state index contributed by atoms with van der Waals surface area (Å²) < 4.78 is 36.8. The van der Waals surface area contributed by atoms with E-state index in [9.17, 15) is 13.2 Å². The Labute approximate surface area is 230 Å². The number of hydrogen-bond donors (Lipinski definition) is 0. The van der Waals surface area contributed by atoms with Gasteiger partial charge in [-0.1, -0.05) is 97.1 Å². The van der Waals surface area contributed by atoms with E-state index in [-0.39, 0.29) is 0 Å². The topological polar surface area (TPSA) is 25.8 Å². The van der Waals surface area contributed by atoms with E-state index in [4.69, 9.17) is 0 Å². The maximum Gasteiger partial charge on any atom is 0.416 e. The Bertz CT molecular complexity index is 1830. The van der Waals surface area contributed by atoms with E-state index in [1.807, 2.05) is 0 Å². The Balaban J connectivity index is 0.000000175. The predicted octanol–water partition coefficient (Wildman–Crippen LogP) is 9.57. The SMILES string of the molecule is C(=C(c1ccccc1)c1ccccc1-c1cc2ccc1-2)c1ccccc1.FC(F)(F)c1ccc2nnccc2c1. The summed E-state index contributed by atoms with van der Waals surface area (Å²) in [5.41, 5.74) is 10.2. The molecule has 194 valence electrons. The standard InChI is InChI=1S/C26H18.C9H5F3N2/c1-3-9-19(10-4-1)17-25(20-11-5-2-6-12-20)23-13-7-8-14-24(23)26-18-21-15-16-22(21)26;10-9(11,12)7-1-2-8-6(5-7)3-4-13-14-8/h1-18H;1-5H. The summed E-state index contributed by atoms with van der Waals surface area (Å²) in [6, 6.07) is 41.5. The minimum absolute atomic E-state index is 0.440. The van der Waals surface area contributed by atoms with Crippen molar-refractivity contribution in [1.29, 1.82) is 0 Å². The highest BCUT2D eigenvalue weighted by molar-refractivity contribution is 6.02. The van der Waals surface area contributed by atoms with Crippen molar-refractivity contribution in [2.75, 3.05) is 0 Å². The van der Waals surface area contributed by atoms with Crippen LogP contribution in [0.2, 0.25) is 0 Å². The number of fused-ring (bicyclic) bond motifs is 2. The van der Waals surface area contributed by atoms with Crippen LogP contribution in [-0.4, -0.2) is 10.2 Å². The van der Waals surface area contributed by atoms with Crippen LogP contribution in [0.1, 0.15) is 22.3 Å². The van der Waals surface area contributed by atoms with Gasteiger partial charge in [0.1, 0.15) is 0 Å². The van der Waals surface area contributed by atoms with Gasteiger partial charge >= 0.3 is 6.18 Å². The first-order valence-corrected chi connectivity index (χ1v) is 12.8. The van der Waals surface area contributed by atoms with E-state index >= 15 is 0 Å². The van der Waals surface area contributed by atoms with Crippen LogP contribution in [0.5, 0.6) is 0 Å². The van der Waals surface area contributed by atoms with Gasteiger partial charge in [0.05, 0.1) is 17.3 Å². The first-order chi connectivity index (χ1) is 19.5. The highest BCUT2D eigenvalue weighted by Gasteiger charge is 2.30. The molecule has 0 atom stereocenters. The molecule has 0 unspecified atom stereocenters. The van der Waals surface area contributed by atoms with Crippen LogP contribution in [0, 0.1) is 0 Å². The fourth-order valence-corrected chi connectivity index (χ4v) is 4.78. The molecule has 0 spiro atoms. The molecule has 1 aromatic heterocycles. The molecule has 0 N–H and O–H groups in total. The monoisotopic (exact) mass is 528 g/mol. The van der Waals surface area contributed by atoms with Crippen molar-refractivity contribution in [3.63, 3.8) is 0 Å². The van der Waals surface area contributed by atoms with Gasteiger partial charge in [-0.3, -0.25) is 0 Å². The molecule has 4 aromatic carbocycles. The van der Waals surface area contributed by atoms with Crippen LogP contribution in [-0.2, 0) is 6.18 Å². The Kier molecular flexibility index (Phi) is 6.71. The first kappa shape index (κ1) is 25.3. The van der Waals surface area contributed by atoms with Gasteiger partial charge in [0.25, 0.3) is 0 Å². The fraction of sp³-hybridized carbons (Fsp3) is 0.0286. The van der Waals surface area contributed by atoms with E-state index in [0.29, 0.717) is 10.9 Å². The third-order valence-electron chi connectivity index (χ3n) is 6.87. The third kappa shape index (κ3) is 5.14. The molecule has 2 aliphatic carbocycles. The number of aromatic nitrogens is 2. The second kappa shape index (κ2) is 10.6. The summed E-state index contributed by atoms with van der Waals surface area (Å²) in [4.78, 5) is 0. The number of rotatable bonds is 4. The predicted molar refractivity (Wildman–Crippen MR) is 155 cm³/mol. The molecule has 5 aromatic rings. The lowest BCUT2D eigenvalue weighted by atomic mass is 9.80. The molecule has 0 radical (unpaired) electrons. The third-order valence-corrected chi connectivity index (χ3v) is 6.87. The van der Waals surface area contributed by atoms with Crippen molar-refractivity contribution in [3.05, 3.63) is 156 Å². The van der Waals surface area contributed by atoms with Crippen LogP contribution in [0.4, 0.5) is 13.2 Å². The van der Waals surface area contributed by atoms with Gasteiger partial charge in [0, 0.05) is 5.39 Å². The van der Waals surface area contributed by atoms with E-state index in [1.165, 1.54) is 62.8 Å². The smallest absolute Gasteiger partial charge is 0.166 e. The summed E-state index contributed by atoms with van der Waals surface area (Å²) in [6.45, 7) is 0. The first-order valence-electron chi connectivity index (χ1n) is 12.8. The summed E-state index contributed by atoms with van der Waals surface area (Å²) in [5.74, 6) is 0. The van der Waals surface area contributed by atoms with Gasteiger partial charge in [-0.15, -0.1) is 0 Å². The highest BCUT2D eigenvalue weighted by atomic mass is 19.4. The number of halogens is 3. The Morgan fingerprint density at radius 3 is 2.02 bits per heavy atom. The van der Waals surface area contributed by atoms with Gasteiger partial charge in [-0.05, 0) is 80.9 Å². The van der Waals surface area contributed by atoms with E-state index in [2.05, 4.69) is 119 Å². The van der Waals surface area contributed by atoms with Crippen molar-refractivity contribution in [2.24, 2.45) is 0 Å². The lowest BCUT2D eigenvalue weighted by Gasteiger charge is -2.24. The zero-order chi connectivity index (χ0) is 27.5. The van der Waals surface area contributed by atoms with Gasteiger partial charge in [-0.2, -0.15) is 23.4 Å². The van der Waals surface area contributed by atoms with E-state index < -0.39 is 11.7 Å². The van der Waals surface area contributed by atoms with Crippen molar-refractivity contribution in [1.82, 2.24) is 10.2 Å². The molecule has 1 heterocycles. The quantitative estimate of drug-likeness (QED) is 0.213. The fourth-order valence-electron chi connectivity index (χ4n) is 4.78. The van der Waals surface area contributed by atoms with Crippen LogP contribution < -0.4 is 0 Å². The molecular weight excluding hydrogens is 505 g/mol. The summed E-state index contributed by atoms with van der Waals surface area (Å²) >= 11 is 0. The van der Waals surface area contributed by atoms with Gasteiger partial charge in [-0.25, -0.2) is 0 Å². The molecule has 0 amide bonds. The average Bonchev–Trinajstić information content (AvgIpc) is 2.98. The molecule has 0 saturated carbocycles. The Morgan fingerprint density at radius 1 is 0.625 bits per heavy atom. The summed E-state index contributed by atoms with van der Waals surface area (Å²) in [6.07, 6.45) is -0.654. The molecule has 5 heteroatoms. The summed E-state index contributed by atoms with van der Waals surface area (Å²) in [7, 11) is 0. The molecule has 2 nitrogen and oxygen atoms in total. The van der Waals surface area contributed by atoms with Crippen LogP contribution in [0.3, 0.4) is 0 Å². The van der Waals surface area contributed by atoms with E-state index in [1.54, 1.807) is 0 Å². The molecule has 0 saturated heterocycles. The summed E-state index contributed by atoms with van der Waals surface area (Å²) in [5, 5.41) is 7.70. The molecule has 0 bridgehead atoms. The van der Waals surface area contributed by atoms with Crippen LogP contribution >= 0.6 is 0 Å². The number of hydrogen-bond acceptors (Lipinski definition) is 2. The Morgan fingerprint density at radius 2 is 1.35 bits per heavy atom. The second-order valence-corrected chi connectivity index (χ2v) is 9.44. The number of nitrogens with zero attached hydrogens (tertiary/aromatic N) is 2. The molecular formula is C35H23F3N2. The van der Waals surface area contributed by atoms with Crippen molar-refractivity contribution in [3.8, 4) is 22.3 Å². The minimum Gasteiger partial charge on any atom is -0.166 e. The molecule has 40 heavy (non-hydrogen) atoms. The lowest BCUT2D eigenvalue weighted by Crippen LogP contribution is -2.04. The van der Waals surface area contributed by atoms with Gasteiger partial charge in [0.2, 0.25) is 0 Å². The largest absolute Gasteiger partial charge is 0.416 e. The normalized spacial score (nSPS) is 12.0. The molecule has 0 aliphatic heterocycles. The maximum absolute atomic E-state index is 12.3. The van der Waals surface area contributed by atoms with Crippen LogP contribution in [0.25, 0.3) is 44.8 Å². The van der Waals surface area contributed by atoms with E-state index in [0.717, 1.165) is 12.1 Å². The van der Waals surface area contributed by atoms with Gasteiger partial charge in [0.15, 0.2) is 0 Å². The highest BCUT2D eigenvalue weighted by Crippen LogP contribution is 2.46. The van der Waals surface area contributed by atoms with Crippen LogP contribution in [0.15, 0.2) is 134 Å². The lowest BCUT2D eigenvalue weighted by molar-refractivity contribution is -0.137. The average molecular weight is 529 g/mol. The second-order valence-electron chi connectivity index (χ2n) is 9.44. The Hall–Kier alpha value is -5.03. The molecule has 0 fully saturated rings. The van der Waals surface area contributed by atoms with Crippen molar-refractivity contribution in [2.45, 2.75) is 6.18 Å². The van der Waals surface area contributed by atoms with Crippen molar-refractivity contribution >= 4 is 22.6 Å².